The number of aromatic hydroxyl groups is 1. The highest BCUT2D eigenvalue weighted by Gasteiger charge is 2.08. The first-order valence-electron chi connectivity index (χ1n) is 11.1. The highest BCUT2D eigenvalue weighted by atomic mass is 35.5. The Kier molecular flexibility index (Phi) is 11.2. The molecule has 0 radical (unpaired) electrons. The fourth-order valence-corrected chi connectivity index (χ4v) is 3.52. The van der Waals surface area contributed by atoms with Crippen molar-refractivity contribution in [1.82, 2.24) is 0 Å². The Labute approximate surface area is 185 Å². The second-order valence-electron chi connectivity index (χ2n) is 7.68. The van der Waals surface area contributed by atoms with E-state index in [0.29, 0.717) is 28.6 Å². The second-order valence-corrected chi connectivity index (χ2v) is 8.08. The van der Waals surface area contributed by atoms with E-state index in [-0.39, 0.29) is 11.7 Å². The van der Waals surface area contributed by atoms with E-state index in [1.807, 2.05) is 0 Å². The van der Waals surface area contributed by atoms with E-state index in [4.69, 9.17) is 16.3 Å². The molecule has 0 aliphatic carbocycles. The molecule has 0 saturated carbocycles. The summed E-state index contributed by atoms with van der Waals surface area (Å²) in [6, 6.07) is 11.3. The van der Waals surface area contributed by atoms with Crippen LogP contribution in [0.5, 0.6) is 11.5 Å². The van der Waals surface area contributed by atoms with Gasteiger partial charge in [0.15, 0.2) is 0 Å². The first kappa shape index (κ1) is 24.1. The quantitative estimate of drug-likeness (QED) is 0.303. The molecule has 2 N–H and O–H groups in total. The van der Waals surface area contributed by atoms with Gasteiger partial charge in [0.2, 0.25) is 0 Å². The van der Waals surface area contributed by atoms with E-state index in [9.17, 15) is 9.90 Å². The summed E-state index contributed by atoms with van der Waals surface area (Å²) >= 11 is 6.30. The summed E-state index contributed by atoms with van der Waals surface area (Å²) in [6.07, 6.45) is 12.9. The van der Waals surface area contributed by atoms with Crippen molar-refractivity contribution in [3.63, 3.8) is 0 Å². The lowest BCUT2D eigenvalue weighted by Crippen LogP contribution is -2.11. The summed E-state index contributed by atoms with van der Waals surface area (Å²) in [5, 5.41) is 12.6. The van der Waals surface area contributed by atoms with Crippen molar-refractivity contribution in [3.05, 3.63) is 53.1 Å². The molecular formula is C25H34ClNO3. The number of anilines is 1. The topological polar surface area (TPSA) is 58.6 Å². The zero-order valence-corrected chi connectivity index (χ0v) is 18.7. The van der Waals surface area contributed by atoms with E-state index in [2.05, 4.69) is 12.2 Å². The number of nitrogens with one attached hydrogen (secondary N) is 1. The minimum absolute atomic E-state index is 0.124. The standard InChI is InChI=1S/C25H34ClNO3/c1-2-3-4-5-6-7-8-9-10-11-18-30-24-17-14-21(19-23(24)26)27-25(29)20-12-15-22(28)16-13-20/h12-17,19,28H,2-11,18H2,1H3,(H,27,29). The fraction of sp³-hybridized carbons (Fsp3) is 0.480. The van der Waals surface area contributed by atoms with E-state index in [1.54, 1.807) is 30.3 Å². The monoisotopic (exact) mass is 431 g/mol. The van der Waals surface area contributed by atoms with Gasteiger partial charge in [-0.3, -0.25) is 4.79 Å². The van der Waals surface area contributed by atoms with Gasteiger partial charge in [0, 0.05) is 11.3 Å². The molecule has 4 nitrogen and oxygen atoms in total. The average Bonchev–Trinajstić information content (AvgIpc) is 2.73. The first-order valence-corrected chi connectivity index (χ1v) is 11.5. The van der Waals surface area contributed by atoms with Crippen LogP contribution in [0.1, 0.15) is 81.5 Å². The van der Waals surface area contributed by atoms with Crippen molar-refractivity contribution in [3.8, 4) is 11.5 Å². The number of unbranched alkanes of at least 4 members (excludes halogenated alkanes) is 9. The van der Waals surface area contributed by atoms with E-state index in [0.717, 1.165) is 6.42 Å². The van der Waals surface area contributed by atoms with Gasteiger partial charge in [-0.2, -0.15) is 0 Å². The van der Waals surface area contributed by atoms with Gasteiger partial charge in [0.25, 0.3) is 5.91 Å². The molecule has 5 heteroatoms. The third-order valence-electron chi connectivity index (χ3n) is 5.07. The van der Waals surface area contributed by atoms with E-state index in [1.165, 1.54) is 69.9 Å². The highest BCUT2D eigenvalue weighted by Crippen LogP contribution is 2.28. The van der Waals surface area contributed by atoms with Crippen molar-refractivity contribution >= 4 is 23.2 Å². The number of rotatable bonds is 14. The lowest BCUT2D eigenvalue weighted by Gasteiger charge is -2.11. The number of carbonyl (C=O) groups is 1. The van der Waals surface area contributed by atoms with Gasteiger partial charge in [0.1, 0.15) is 11.5 Å². The number of hydrogen-bond donors (Lipinski definition) is 2. The third kappa shape index (κ3) is 9.08. The number of phenolic OH excluding ortho intramolecular Hbond substituents is 1. The molecule has 164 valence electrons. The normalized spacial score (nSPS) is 10.7. The molecular weight excluding hydrogens is 398 g/mol. The molecule has 0 heterocycles. The van der Waals surface area contributed by atoms with Crippen LogP contribution in [0.25, 0.3) is 0 Å². The Hall–Kier alpha value is -2.20. The number of phenols is 1. The van der Waals surface area contributed by atoms with Gasteiger partial charge >= 0.3 is 0 Å². The predicted octanol–water partition coefficient (Wildman–Crippen LogP) is 7.60. The smallest absolute Gasteiger partial charge is 0.255 e. The first-order chi connectivity index (χ1) is 14.6. The molecule has 0 aliphatic rings. The molecule has 0 spiro atoms. The van der Waals surface area contributed by atoms with Crippen LogP contribution in [0.2, 0.25) is 5.02 Å². The largest absolute Gasteiger partial charge is 0.508 e. The van der Waals surface area contributed by atoms with Gasteiger partial charge in [0.05, 0.1) is 11.6 Å². The maximum Gasteiger partial charge on any atom is 0.255 e. The van der Waals surface area contributed by atoms with Gasteiger partial charge in [-0.1, -0.05) is 76.3 Å². The third-order valence-corrected chi connectivity index (χ3v) is 5.37. The molecule has 0 atom stereocenters. The van der Waals surface area contributed by atoms with Crippen molar-refractivity contribution in [2.24, 2.45) is 0 Å². The summed E-state index contributed by atoms with van der Waals surface area (Å²) < 4.78 is 5.79. The van der Waals surface area contributed by atoms with Crippen LogP contribution in [0.4, 0.5) is 5.69 Å². The van der Waals surface area contributed by atoms with Gasteiger partial charge < -0.3 is 15.2 Å². The maximum absolute atomic E-state index is 12.2. The van der Waals surface area contributed by atoms with Crippen LogP contribution in [0.15, 0.2) is 42.5 Å². The molecule has 1 amide bonds. The molecule has 0 unspecified atom stereocenters. The lowest BCUT2D eigenvalue weighted by atomic mass is 10.1. The molecule has 0 fully saturated rings. The molecule has 0 aliphatic heterocycles. The fourth-order valence-electron chi connectivity index (χ4n) is 3.28. The Morgan fingerprint density at radius 2 is 1.50 bits per heavy atom. The van der Waals surface area contributed by atoms with Crippen molar-refractivity contribution in [1.29, 1.82) is 0 Å². The van der Waals surface area contributed by atoms with Crippen molar-refractivity contribution in [2.45, 2.75) is 71.1 Å². The zero-order chi connectivity index (χ0) is 21.6. The summed E-state index contributed by atoms with van der Waals surface area (Å²) in [6.45, 7) is 2.90. The number of halogens is 1. The molecule has 2 aromatic carbocycles. The molecule has 0 aromatic heterocycles. The van der Waals surface area contributed by atoms with Crippen LogP contribution in [0, 0.1) is 0 Å². The summed E-state index contributed by atoms with van der Waals surface area (Å²) in [7, 11) is 0. The zero-order valence-electron chi connectivity index (χ0n) is 18.0. The Balaban J connectivity index is 1.63. The Bertz CT molecular complexity index is 761. The summed E-state index contributed by atoms with van der Waals surface area (Å²) in [4.78, 5) is 12.2. The Morgan fingerprint density at radius 1 is 0.900 bits per heavy atom. The minimum Gasteiger partial charge on any atom is -0.508 e. The van der Waals surface area contributed by atoms with Crippen LogP contribution in [-0.2, 0) is 0 Å². The van der Waals surface area contributed by atoms with Gasteiger partial charge in [-0.05, 0) is 48.9 Å². The lowest BCUT2D eigenvalue weighted by molar-refractivity contribution is 0.102. The Morgan fingerprint density at radius 3 is 2.10 bits per heavy atom. The van der Waals surface area contributed by atoms with Crippen molar-refractivity contribution in [2.75, 3.05) is 11.9 Å². The van der Waals surface area contributed by atoms with E-state index < -0.39 is 0 Å². The molecule has 0 bridgehead atoms. The summed E-state index contributed by atoms with van der Waals surface area (Å²) in [5.74, 6) is 0.499. The van der Waals surface area contributed by atoms with Crippen LogP contribution < -0.4 is 10.1 Å². The second kappa shape index (κ2) is 13.9. The number of benzene rings is 2. The van der Waals surface area contributed by atoms with Gasteiger partial charge in [-0.25, -0.2) is 0 Å². The highest BCUT2D eigenvalue weighted by molar-refractivity contribution is 6.32. The number of carbonyl (C=O) groups excluding carboxylic acids is 1. The van der Waals surface area contributed by atoms with Crippen molar-refractivity contribution < 1.29 is 14.6 Å². The summed E-state index contributed by atoms with van der Waals surface area (Å²) in [5.41, 5.74) is 1.06. The van der Waals surface area contributed by atoms with Crippen LogP contribution >= 0.6 is 11.6 Å². The van der Waals surface area contributed by atoms with Crippen LogP contribution in [-0.4, -0.2) is 17.6 Å². The van der Waals surface area contributed by atoms with Crippen LogP contribution in [0.3, 0.4) is 0 Å². The maximum atomic E-state index is 12.2. The number of ether oxygens (including phenoxy) is 1. The molecule has 0 saturated heterocycles. The number of amides is 1. The predicted molar refractivity (Wildman–Crippen MR) is 125 cm³/mol. The SMILES string of the molecule is CCCCCCCCCCCCOc1ccc(NC(=O)c2ccc(O)cc2)cc1Cl. The number of hydrogen-bond acceptors (Lipinski definition) is 3. The van der Waals surface area contributed by atoms with E-state index >= 15 is 0 Å². The molecule has 30 heavy (non-hydrogen) atoms. The molecule has 2 rings (SSSR count). The van der Waals surface area contributed by atoms with Gasteiger partial charge in [-0.15, -0.1) is 0 Å². The molecule has 2 aromatic rings. The minimum atomic E-state index is -0.259. The average molecular weight is 432 g/mol.